The second kappa shape index (κ2) is 8.48. The van der Waals surface area contributed by atoms with E-state index in [0.717, 1.165) is 39.1 Å². The molecule has 0 aliphatic carbocycles. The van der Waals surface area contributed by atoms with Crippen molar-refractivity contribution in [3.8, 4) is 0 Å². The van der Waals surface area contributed by atoms with E-state index in [-0.39, 0.29) is 11.9 Å². The molecule has 1 unspecified atom stereocenters. The summed E-state index contributed by atoms with van der Waals surface area (Å²) in [6.45, 7) is 9.09. The molecule has 100 valence electrons. The standard InChI is InChI=1S/C13H27N3O/c1-3-16(4-2)11-10-15-13(17)12-8-6-5-7-9-14-12/h12,14H,3-11H2,1-2H3,(H,15,17). The highest BCUT2D eigenvalue weighted by molar-refractivity contribution is 5.81. The topological polar surface area (TPSA) is 44.4 Å². The molecule has 1 amide bonds. The largest absolute Gasteiger partial charge is 0.353 e. The van der Waals surface area contributed by atoms with Crippen LogP contribution in [0.4, 0.5) is 0 Å². The first-order valence-corrected chi connectivity index (χ1v) is 7.01. The minimum absolute atomic E-state index is 0.0363. The van der Waals surface area contributed by atoms with E-state index in [2.05, 4.69) is 29.4 Å². The van der Waals surface area contributed by atoms with Gasteiger partial charge in [0.2, 0.25) is 5.91 Å². The highest BCUT2D eigenvalue weighted by atomic mass is 16.2. The van der Waals surface area contributed by atoms with Crippen LogP contribution in [0.3, 0.4) is 0 Å². The highest BCUT2D eigenvalue weighted by Crippen LogP contribution is 2.08. The van der Waals surface area contributed by atoms with Gasteiger partial charge in [-0.25, -0.2) is 0 Å². The van der Waals surface area contributed by atoms with E-state index in [0.29, 0.717) is 0 Å². The van der Waals surface area contributed by atoms with Crippen molar-refractivity contribution in [3.63, 3.8) is 0 Å². The maximum absolute atomic E-state index is 11.9. The van der Waals surface area contributed by atoms with Gasteiger partial charge in [-0.1, -0.05) is 26.7 Å². The van der Waals surface area contributed by atoms with Gasteiger partial charge in [0.25, 0.3) is 0 Å². The zero-order valence-corrected chi connectivity index (χ0v) is 11.3. The first kappa shape index (κ1) is 14.5. The minimum atomic E-state index is 0.0363. The molecule has 17 heavy (non-hydrogen) atoms. The summed E-state index contributed by atoms with van der Waals surface area (Å²) in [7, 11) is 0. The molecule has 0 saturated carbocycles. The van der Waals surface area contributed by atoms with Crippen molar-refractivity contribution in [1.82, 2.24) is 15.5 Å². The fourth-order valence-corrected chi connectivity index (χ4v) is 2.25. The average molecular weight is 241 g/mol. The van der Waals surface area contributed by atoms with Crippen LogP contribution in [0, 0.1) is 0 Å². The van der Waals surface area contributed by atoms with Crippen molar-refractivity contribution in [2.24, 2.45) is 0 Å². The summed E-state index contributed by atoms with van der Waals surface area (Å²) in [4.78, 5) is 14.2. The molecule has 1 aliphatic heterocycles. The Balaban J connectivity index is 2.19. The quantitative estimate of drug-likeness (QED) is 0.728. The fraction of sp³-hybridized carbons (Fsp3) is 0.923. The number of nitrogens with one attached hydrogen (secondary N) is 2. The Hall–Kier alpha value is -0.610. The summed E-state index contributed by atoms with van der Waals surface area (Å²) >= 11 is 0. The molecule has 4 nitrogen and oxygen atoms in total. The average Bonchev–Trinajstić information content (AvgIpc) is 2.63. The van der Waals surface area contributed by atoms with Crippen molar-refractivity contribution < 1.29 is 4.79 Å². The summed E-state index contributed by atoms with van der Waals surface area (Å²) in [6.07, 6.45) is 4.59. The zero-order valence-electron chi connectivity index (χ0n) is 11.3. The van der Waals surface area contributed by atoms with Crippen LogP contribution in [0.5, 0.6) is 0 Å². The van der Waals surface area contributed by atoms with E-state index in [1.807, 2.05) is 0 Å². The van der Waals surface area contributed by atoms with Crippen molar-refractivity contribution in [2.45, 2.75) is 45.6 Å². The van der Waals surface area contributed by atoms with Gasteiger partial charge < -0.3 is 15.5 Å². The van der Waals surface area contributed by atoms with Crippen molar-refractivity contribution in [1.29, 1.82) is 0 Å². The van der Waals surface area contributed by atoms with Gasteiger partial charge in [0.1, 0.15) is 0 Å². The number of rotatable bonds is 6. The second-order valence-electron chi connectivity index (χ2n) is 4.67. The smallest absolute Gasteiger partial charge is 0.237 e. The van der Waals surface area contributed by atoms with Crippen LogP contribution in [0.2, 0.25) is 0 Å². The van der Waals surface area contributed by atoms with E-state index in [4.69, 9.17) is 0 Å². The van der Waals surface area contributed by atoms with Gasteiger partial charge in [-0.3, -0.25) is 4.79 Å². The van der Waals surface area contributed by atoms with E-state index < -0.39 is 0 Å². The summed E-state index contributed by atoms with van der Waals surface area (Å²) in [6, 6.07) is 0.0363. The van der Waals surface area contributed by atoms with Crippen LogP contribution in [0.1, 0.15) is 39.5 Å². The first-order valence-electron chi connectivity index (χ1n) is 7.01. The SMILES string of the molecule is CCN(CC)CCNC(=O)C1CCCCCN1. The molecule has 0 spiro atoms. The van der Waals surface area contributed by atoms with Gasteiger partial charge >= 0.3 is 0 Å². The third-order valence-electron chi connectivity index (χ3n) is 3.50. The van der Waals surface area contributed by atoms with Gasteiger partial charge in [0.15, 0.2) is 0 Å². The van der Waals surface area contributed by atoms with Crippen LogP contribution in [0.15, 0.2) is 0 Å². The van der Waals surface area contributed by atoms with Gasteiger partial charge in [-0.05, 0) is 32.5 Å². The number of hydrogen-bond donors (Lipinski definition) is 2. The lowest BCUT2D eigenvalue weighted by molar-refractivity contribution is -0.123. The Bertz CT molecular complexity index is 209. The molecule has 1 heterocycles. The van der Waals surface area contributed by atoms with Crippen LogP contribution < -0.4 is 10.6 Å². The van der Waals surface area contributed by atoms with Gasteiger partial charge in [0, 0.05) is 13.1 Å². The number of nitrogens with zero attached hydrogens (tertiary/aromatic N) is 1. The Labute approximate surface area is 105 Å². The lowest BCUT2D eigenvalue weighted by Crippen LogP contribution is -2.45. The van der Waals surface area contributed by atoms with Gasteiger partial charge in [-0.2, -0.15) is 0 Å². The number of hydrogen-bond acceptors (Lipinski definition) is 3. The molecular weight excluding hydrogens is 214 g/mol. The first-order chi connectivity index (χ1) is 8.27. The molecular formula is C13H27N3O. The molecule has 1 atom stereocenters. The van der Waals surface area contributed by atoms with E-state index >= 15 is 0 Å². The van der Waals surface area contributed by atoms with Crippen LogP contribution in [0.25, 0.3) is 0 Å². The molecule has 1 saturated heterocycles. The van der Waals surface area contributed by atoms with E-state index in [1.54, 1.807) is 0 Å². The minimum Gasteiger partial charge on any atom is -0.353 e. The molecule has 4 heteroatoms. The Kier molecular flexibility index (Phi) is 7.21. The van der Waals surface area contributed by atoms with Gasteiger partial charge in [0.05, 0.1) is 6.04 Å². The van der Waals surface area contributed by atoms with Crippen molar-refractivity contribution in [2.75, 3.05) is 32.7 Å². The lowest BCUT2D eigenvalue weighted by atomic mass is 10.1. The van der Waals surface area contributed by atoms with Crippen molar-refractivity contribution in [3.05, 3.63) is 0 Å². The number of carbonyl (C=O) groups is 1. The predicted octanol–water partition coefficient (Wildman–Crippen LogP) is 0.977. The maximum Gasteiger partial charge on any atom is 0.237 e. The second-order valence-corrected chi connectivity index (χ2v) is 4.67. The maximum atomic E-state index is 11.9. The molecule has 0 aromatic heterocycles. The predicted molar refractivity (Wildman–Crippen MR) is 71.1 cm³/mol. The van der Waals surface area contributed by atoms with E-state index in [9.17, 15) is 4.79 Å². The van der Waals surface area contributed by atoms with E-state index in [1.165, 1.54) is 19.3 Å². The van der Waals surface area contributed by atoms with Crippen LogP contribution in [-0.4, -0.2) is 49.6 Å². The summed E-state index contributed by atoms with van der Waals surface area (Å²) < 4.78 is 0. The molecule has 0 bridgehead atoms. The summed E-state index contributed by atoms with van der Waals surface area (Å²) in [5.74, 6) is 0.180. The zero-order chi connectivity index (χ0) is 12.5. The van der Waals surface area contributed by atoms with Gasteiger partial charge in [-0.15, -0.1) is 0 Å². The van der Waals surface area contributed by atoms with Crippen molar-refractivity contribution >= 4 is 5.91 Å². The number of likely N-dealkylation sites (N-methyl/N-ethyl adjacent to an activating group) is 1. The van der Waals surface area contributed by atoms with Crippen LogP contribution in [-0.2, 0) is 4.79 Å². The summed E-state index contributed by atoms with van der Waals surface area (Å²) in [5, 5.41) is 6.36. The Morgan fingerprint density at radius 1 is 1.29 bits per heavy atom. The fourth-order valence-electron chi connectivity index (χ4n) is 2.25. The third-order valence-corrected chi connectivity index (χ3v) is 3.50. The molecule has 1 fully saturated rings. The normalized spacial score (nSPS) is 21.2. The van der Waals surface area contributed by atoms with Crippen LogP contribution >= 0.6 is 0 Å². The number of amides is 1. The summed E-state index contributed by atoms with van der Waals surface area (Å²) in [5.41, 5.74) is 0. The highest BCUT2D eigenvalue weighted by Gasteiger charge is 2.18. The molecule has 0 aromatic rings. The molecule has 1 aliphatic rings. The monoisotopic (exact) mass is 241 g/mol. The number of carbonyl (C=O) groups excluding carboxylic acids is 1. The lowest BCUT2D eigenvalue weighted by Gasteiger charge is -2.20. The Morgan fingerprint density at radius 2 is 2.06 bits per heavy atom. The Morgan fingerprint density at radius 3 is 2.76 bits per heavy atom. The third kappa shape index (κ3) is 5.50. The molecule has 0 aromatic carbocycles. The molecule has 0 radical (unpaired) electrons. The molecule has 2 N–H and O–H groups in total. The molecule has 1 rings (SSSR count).